The van der Waals surface area contributed by atoms with E-state index in [2.05, 4.69) is 26.7 Å². The van der Waals surface area contributed by atoms with Crippen LogP contribution in [0.3, 0.4) is 0 Å². The van der Waals surface area contributed by atoms with Crippen LogP contribution in [0.5, 0.6) is 5.75 Å². The van der Waals surface area contributed by atoms with E-state index in [9.17, 15) is 4.79 Å². The number of aryl methyl sites for hydroxylation is 3. The van der Waals surface area contributed by atoms with Crippen LogP contribution in [0.15, 0.2) is 48.8 Å². The first kappa shape index (κ1) is 18.4. The van der Waals surface area contributed by atoms with Gasteiger partial charge in [0.25, 0.3) is 5.91 Å². The average molecular weight is 362 g/mol. The van der Waals surface area contributed by atoms with Crippen molar-refractivity contribution in [2.24, 2.45) is 0 Å². The quantitative estimate of drug-likeness (QED) is 0.703. The predicted octanol–water partition coefficient (Wildman–Crippen LogP) is 4.41. The first-order chi connectivity index (χ1) is 12.9. The van der Waals surface area contributed by atoms with E-state index in [0.717, 1.165) is 28.1 Å². The van der Waals surface area contributed by atoms with Crippen LogP contribution in [0.1, 0.15) is 27.2 Å². The number of benzene rings is 2. The maximum atomic E-state index is 12.6. The molecule has 0 aliphatic carbocycles. The highest BCUT2D eigenvalue weighted by Crippen LogP contribution is 2.28. The Bertz CT molecular complexity index is 965. The third-order valence-corrected chi connectivity index (χ3v) is 4.00. The van der Waals surface area contributed by atoms with Crippen LogP contribution < -0.4 is 15.4 Å². The highest BCUT2D eigenvalue weighted by Gasteiger charge is 2.11. The fraction of sp³-hybridized carbons (Fsp3) is 0.190. The van der Waals surface area contributed by atoms with Crippen molar-refractivity contribution >= 4 is 23.1 Å². The third kappa shape index (κ3) is 4.61. The number of nitrogens with one attached hydrogen (secondary N) is 2. The van der Waals surface area contributed by atoms with Gasteiger partial charge in [-0.3, -0.25) is 4.79 Å². The van der Waals surface area contributed by atoms with Crippen LogP contribution in [0.2, 0.25) is 0 Å². The van der Waals surface area contributed by atoms with Crippen molar-refractivity contribution in [3.05, 3.63) is 71.2 Å². The molecular formula is C21H22N4O2. The van der Waals surface area contributed by atoms with Crippen LogP contribution in [0, 0.1) is 20.8 Å². The molecule has 0 fully saturated rings. The summed E-state index contributed by atoms with van der Waals surface area (Å²) in [6.45, 7) is 5.97. The fourth-order valence-electron chi connectivity index (χ4n) is 2.85. The minimum atomic E-state index is -0.290. The zero-order chi connectivity index (χ0) is 19.4. The second kappa shape index (κ2) is 7.86. The lowest BCUT2D eigenvalue weighted by molar-refractivity contribution is 0.102. The zero-order valence-corrected chi connectivity index (χ0v) is 15.8. The molecule has 27 heavy (non-hydrogen) atoms. The Balaban J connectivity index is 1.81. The first-order valence-corrected chi connectivity index (χ1v) is 8.58. The van der Waals surface area contributed by atoms with Crippen LogP contribution in [0.4, 0.5) is 17.2 Å². The number of aromatic nitrogens is 2. The number of nitrogens with zero attached hydrogens (tertiary/aromatic N) is 2. The van der Waals surface area contributed by atoms with Crippen molar-refractivity contribution in [1.29, 1.82) is 0 Å². The van der Waals surface area contributed by atoms with E-state index in [0.29, 0.717) is 11.6 Å². The first-order valence-electron chi connectivity index (χ1n) is 8.58. The standard InChI is InChI=1S/C21H22N4O2/c1-13-5-6-19(27-4)17(10-13)25-20-11-18(22-12-23-20)21(26)24-16-8-14(2)7-15(3)9-16/h5-12H,1-4H3,(H,24,26)(H,22,23,25). The second-order valence-corrected chi connectivity index (χ2v) is 6.45. The Morgan fingerprint density at radius 2 is 1.67 bits per heavy atom. The summed E-state index contributed by atoms with van der Waals surface area (Å²) in [5.41, 5.74) is 5.05. The Kier molecular flexibility index (Phi) is 5.35. The molecule has 1 aromatic heterocycles. The van der Waals surface area contributed by atoms with Crippen molar-refractivity contribution in [2.75, 3.05) is 17.7 Å². The predicted molar refractivity (Wildman–Crippen MR) is 107 cm³/mol. The summed E-state index contributed by atoms with van der Waals surface area (Å²) in [5, 5.41) is 6.07. The molecule has 0 unspecified atom stereocenters. The minimum Gasteiger partial charge on any atom is -0.495 e. The fourth-order valence-corrected chi connectivity index (χ4v) is 2.85. The van der Waals surface area contributed by atoms with Crippen LogP contribution in [-0.2, 0) is 0 Å². The Morgan fingerprint density at radius 1 is 0.926 bits per heavy atom. The molecule has 0 spiro atoms. The Morgan fingerprint density at radius 3 is 2.37 bits per heavy atom. The number of methoxy groups -OCH3 is 1. The molecular weight excluding hydrogens is 340 g/mol. The van der Waals surface area contributed by atoms with Crippen molar-refractivity contribution in [3.8, 4) is 5.75 Å². The van der Waals surface area contributed by atoms with Gasteiger partial charge in [-0.05, 0) is 61.7 Å². The van der Waals surface area contributed by atoms with Crippen molar-refractivity contribution < 1.29 is 9.53 Å². The third-order valence-electron chi connectivity index (χ3n) is 4.00. The molecule has 1 amide bonds. The topological polar surface area (TPSA) is 76.1 Å². The summed E-state index contributed by atoms with van der Waals surface area (Å²) in [7, 11) is 1.61. The molecule has 3 rings (SSSR count). The van der Waals surface area contributed by atoms with Crippen LogP contribution in [-0.4, -0.2) is 23.0 Å². The largest absolute Gasteiger partial charge is 0.495 e. The van der Waals surface area contributed by atoms with Gasteiger partial charge < -0.3 is 15.4 Å². The van der Waals surface area contributed by atoms with E-state index in [1.165, 1.54) is 6.33 Å². The molecule has 0 atom stereocenters. The number of amides is 1. The molecule has 0 aliphatic rings. The molecule has 0 radical (unpaired) electrons. The molecule has 0 bridgehead atoms. The van der Waals surface area contributed by atoms with Gasteiger partial charge in [-0.25, -0.2) is 9.97 Å². The summed E-state index contributed by atoms with van der Waals surface area (Å²) in [6.07, 6.45) is 1.36. The van der Waals surface area contributed by atoms with E-state index >= 15 is 0 Å². The molecule has 2 aromatic carbocycles. The number of rotatable bonds is 5. The molecule has 0 saturated heterocycles. The number of carbonyl (C=O) groups excluding carboxylic acids is 1. The summed E-state index contributed by atoms with van der Waals surface area (Å²) in [4.78, 5) is 20.9. The van der Waals surface area contributed by atoms with E-state index < -0.39 is 0 Å². The number of hydrogen-bond acceptors (Lipinski definition) is 5. The molecule has 0 aliphatic heterocycles. The number of hydrogen-bond donors (Lipinski definition) is 2. The normalized spacial score (nSPS) is 10.4. The van der Waals surface area contributed by atoms with Crippen molar-refractivity contribution in [2.45, 2.75) is 20.8 Å². The van der Waals surface area contributed by atoms with Crippen LogP contribution in [0.25, 0.3) is 0 Å². The molecule has 1 heterocycles. The lowest BCUT2D eigenvalue weighted by Gasteiger charge is -2.12. The molecule has 6 nitrogen and oxygen atoms in total. The van der Waals surface area contributed by atoms with Crippen LogP contribution >= 0.6 is 0 Å². The lowest BCUT2D eigenvalue weighted by atomic mass is 10.1. The molecule has 138 valence electrons. The summed E-state index contributed by atoms with van der Waals surface area (Å²) in [5.74, 6) is 0.918. The van der Waals surface area contributed by atoms with Gasteiger partial charge >= 0.3 is 0 Å². The average Bonchev–Trinajstić information content (AvgIpc) is 2.61. The summed E-state index contributed by atoms with van der Waals surface area (Å²) in [6, 6.07) is 13.3. The maximum Gasteiger partial charge on any atom is 0.274 e. The molecule has 0 saturated carbocycles. The zero-order valence-electron chi connectivity index (χ0n) is 15.8. The van der Waals surface area contributed by atoms with Gasteiger partial charge in [0.05, 0.1) is 12.8 Å². The Hall–Kier alpha value is -3.41. The van der Waals surface area contributed by atoms with E-state index in [1.807, 2.05) is 51.1 Å². The van der Waals surface area contributed by atoms with Gasteiger partial charge in [0, 0.05) is 11.8 Å². The molecule has 3 aromatic rings. The van der Waals surface area contributed by atoms with E-state index in [1.54, 1.807) is 13.2 Å². The van der Waals surface area contributed by atoms with Gasteiger partial charge in [-0.1, -0.05) is 12.1 Å². The monoisotopic (exact) mass is 362 g/mol. The van der Waals surface area contributed by atoms with Crippen molar-refractivity contribution in [3.63, 3.8) is 0 Å². The Labute approximate surface area is 158 Å². The van der Waals surface area contributed by atoms with Gasteiger partial charge in [0.1, 0.15) is 23.6 Å². The second-order valence-electron chi connectivity index (χ2n) is 6.45. The van der Waals surface area contributed by atoms with Gasteiger partial charge in [-0.15, -0.1) is 0 Å². The van der Waals surface area contributed by atoms with E-state index in [4.69, 9.17) is 4.74 Å². The number of ether oxygens (including phenoxy) is 1. The maximum absolute atomic E-state index is 12.6. The van der Waals surface area contributed by atoms with Gasteiger partial charge in [-0.2, -0.15) is 0 Å². The number of anilines is 3. The van der Waals surface area contributed by atoms with Crippen molar-refractivity contribution in [1.82, 2.24) is 9.97 Å². The summed E-state index contributed by atoms with van der Waals surface area (Å²) >= 11 is 0. The highest BCUT2D eigenvalue weighted by molar-refractivity contribution is 6.03. The van der Waals surface area contributed by atoms with Gasteiger partial charge in [0.15, 0.2) is 0 Å². The minimum absolute atomic E-state index is 0.276. The summed E-state index contributed by atoms with van der Waals surface area (Å²) < 4.78 is 5.37. The smallest absolute Gasteiger partial charge is 0.274 e. The lowest BCUT2D eigenvalue weighted by Crippen LogP contribution is -2.14. The van der Waals surface area contributed by atoms with E-state index in [-0.39, 0.29) is 11.6 Å². The molecule has 6 heteroatoms. The van der Waals surface area contributed by atoms with Gasteiger partial charge in [0.2, 0.25) is 0 Å². The SMILES string of the molecule is COc1ccc(C)cc1Nc1cc(C(=O)Nc2cc(C)cc(C)c2)ncn1. The number of carbonyl (C=O) groups is 1. The molecule has 2 N–H and O–H groups in total. The highest BCUT2D eigenvalue weighted by atomic mass is 16.5.